The Balaban J connectivity index is 1.35. The molecule has 29 heavy (non-hydrogen) atoms. The van der Waals surface area contributed by atoms with Gasteiger partial charge in [0.25, 0.3) is 5.56 Å². The van der Waals surface area contributed by atoms with Crippen molar-refractivity contribution in [2.24, 2.45) is 0 Å². The highest BCUT2D eigenvalue weighted by Gasteiger charge is 2.28. The quantitative estimate of drug-likeness (QED) is 0.773. The largest absolute Gasteiger partial charge is 0.354 e. The summed E-state index contributed by atoms with van der Waals surface area (Å²) in [4.78, 5) is 26.4. The van der Waals surface area contributed by atoms with Crippen molar-refractivity contribution in [1.82, 2.24) is 24.6 Å². The molecule has 1 aliphatic heterocycles. The molecule has 1 saturated carbocycles. The predicted octanol–water partition coefficient (Wildman–Crippen LogP) is 2.34. The first-order valence-electron chi connectivity index (χ1n) is 10.7. The molecule has 4 rings (SSSR count). The van der Waals surface area contributed by atoms with Gasteiger partial charge in [0, 0.05) is 61.9 Å². The topological polar surface area (TPSA) is 67.2 Å². The Bertz CT molecular complexity index is 920. The Morgan fingerprint density at radius 3 is 2.41 bits per heavy atom. The third-order valence-electron chi connectivity index (χ3n) is 5.76. The summed E-state index contributed by atoms with van der Waals surface area (Å²) in [5.41, 5.74) is 1.92. The van der Waals surface area contributed by atoms with Gasteiger partial charge < -0.3 is 4.90 Å². The highest BCUT2D eigenvalue weighted by atomic mass is 16.1. The average Bonchev–Trinajstić information content (AvgIpc) is 3.52. The number of aryl methyl sites for hydroxylation is 1. The molecule has 0 spiro atoms. The van der Waals surface area contributed by atoms with E-state index in [4.69, 9.17) is 4.98 Å². The molecule has 7 heteroatoms. The van der Waals surface area contributed by atoms with E-state index in [1.54, 1.807) is 10.7 Å². The molecule has 0 aromatic carbocycles. The van der Waals surface area contributed by atoms with Gasteiger partial charge in [-0.15, -0.1) is 0 Å². The number of nitrogens with zero attached hydrogens (tertiary/aromatic N) is 6. The predicted molar refractivity (Wildman–Crippen MR) is 115 cm³/mol. The highest BCUT2D eigenvalue weighted by Crippen LogP contribution is 2.38. The Morgan fingerprint density at radius 2 is 1.76 bits per heavy atom. The average molecular weight is 397 g/mol. The standard InChI is InChI=1S/C22H32N6O/c1-16-15-19(24-21(23-16)17-5-6-17)27-12-9-26(10-13-27)11-14-28-20(29)8-7-18(25-28)22(2,3)4/h7-8,15,17H,5-6,9-14H2,1-4H3. The molecule has 0 atom stereocenters. The Hall–Kier alpha value is -2.28. The van der Waals surface area contributed by atoms with E-state index >= 15 is 0 Å². The van der Waals surface area contributed by atoms with E-state index in [2.05, 4.69) is 53.6 Å². The first-order valence-corrected chi connectivity index (χ1v) is 10.7. The smallest absolute Gasteiger partial charge is 0.266 e. The van der Waals surface area contributed by atoms with Crippen LogP contribution in [0.15, 0.2) is 23.0 Å². The minimum atomic E-state index is -0.0595. The van der Waals surface area contributed by atoms with Crippen molar-refractivity contribution < 1.29 is 0 Å². The van der Waals surface area contributed by atoms with Crippen LogP contribution in [-0.2, 0) is 12.0 Å². The summed E-state index contributed by atoms with van der Waals surface area (Å²) in [5.74, 6) is 2.66. The van der Waals surface area contributed by atoms with Crippen LogP contribution in [0.2, 0.25) is 0 Å². The van der Waals surface area contributed by atoms with Crippen molar-refractivity contribution in [1.29, 1.82) is 0 Å². The zero-order valence-corrected chi connectivity index (χ0v) is 18.1. The van der Waals surface area contributed by atoms with Crippen molar-refractivity contribution in [3.63, 3.8) is 0 Å². The Kier molecular flexibility index (Phi) is 5.42. The van der Waals surface area contributed by atoms with Gasteiger partial charge in [0.2, 0.25) is 0 Å². The summed E-state index contributed by atoms with van der Waals surface area (Å²) < 4.78 is 1.61. The van der Waals surface area contributed by atoms with Gasteiger partial charge in [-0.05, 0) is 25.8 Å². The van der Waals surface area contributed by atoms with Gasteiger partial charge in [0.15, 0.2) is 0 Å². The third kappa shape index (κ3) is 4.83. The van der Waals surface area contributed by atoms with E-state index in [9.17, 15) is 4.79 Å². The minimum absolute atomic E-state index is 0.0271. The molecule has 156 valence electrons. The molecule has 2 aliphatic rings. The maximum absolute atomic E-state index is 12.2. The number of piperazine rings is 1. The second-order valence-corrected chi connectivity index (χ2v) is 9.36. The van der Waals surface area contributed by atoms with Crippen molar-refractivity contribution >= 4 is 5.82 Å². The fourth-order valence-corrected chi connectivity index (χ4v) is 3.71. The molecule has 0 unspecified atom stereocenters. The van der Waals surface area contributed by atoms with Crippen LogP contribution in [0.5, 0.6) is 0 Å². The zero-order chi connectivity index (χ0) is 20.6. The molecule has 0 N–H and O–H groups in total. The highest BCUT2D eigenvalue weighted by molar-refractivity contribution is 5.41. The summed E-state index contributed by atoms with van der Waals surface area (Å²) in [6.45, 7) is 13.7. The van der Waals surface area contributed by atoms with Crippen LogP contribution < -0.4 is 10.5 Å². The summed E-state index contributed by atoms with van der Waals surface area (Å²) in [6.07, 6.45) is 2.45. The van der Waals surface area contributed by atoms with Crippen LogP contribution in [0, 0.1) is 6.92 Å². The molecule has 1 saturated heterocycles. The Labute approximate surface area is 172 Å². The molecule has 2 fully saturated rings. The lowest BCUT2D eigenvalue weighted by molar-refractivity contribution is 0.241. The number of anilines is 1. The maximum Gasteiger partial charge on any atom is 0.266 e. The van der Waals surface area contributed by atoms with Crippen LogP contribution in [0.25, 0.3) is 0 Å². The summed E-state index contributed by atoms with van der Waals surface area (Å²) in [5, 5.41) is 4.58. The monoisotopic (exact) mass is 396 g/mol. The number of hydrogen-bond acceptors (Lipinski definition) is 6. The lowest BCUT2D eigenvalue weighted by Gasteiger charge is -2.35. The van der Waals surface area contributed by atoms with E-state index in [-0.39, 0.29) is 11.0 Å². The van der Waals surface area contributed by atoms with Crippen LogP contribution in [0.4, 0.5) is 5.82 Å². The van der Waals surface area contributed by atoms with E-state index < -0.39 is 0 Å². The molecule has 2 aromatic heterocycles. The van der Waals surface area contributed by atoms with Gasteiger partial charge in [-0.3, -0.25) is 9.69 Å². The van der Waals surface area contributed by atoms with Crippen molar-refractivity contribution in [2.75, 3.05) is 37.6 Å². The molecule has 7 nitrogen and oxygen atoms in total. The molecule has 2 aromatic rings. The van der Waals surface area contributed by atoms with E-state index in [1.807, 2.05) is 6.07 Å². The van der Waals surface area contributed by atoms with Gasteiger partial charge in [-0.1, -0.05) is 20.8 Å². The van der Waals surface area contributed by atoms with Gasteiger partial charge in [0.1, 0.15) is 11.6 Å². The number of aromatic nitrogens is 4. The Morgan fingerprint density at radius 1 is 1.03 bits per heavy atom. The molecule has 0 amide bonds. The van der Waals surface area contributed by atoms with Crippen LogP contribution in [0.3, 0.4) is 0 Å². The van der Waals surface area contributed by atoms with E-state index in [0.29, 0.717) is 12.5 Å². The first kappa shape index (κ1) is 20.0. The van der Waals surface area contributed by atoms with E-state index in [1.165, 1.54) is 12.8 Å². The van der Waals surface area contributed by atoms with Gasteiger partial charge in [-0.2, -0.15) is 5.10 Å². The first-order chi connectivity index (χ1) is 13.8. The minimum Gasteiger partial charge on any atom is -0.354 e. The van der Waals surface area contributed by atoms with Crippen LogP contribution in [-0.4, -0.2) is 57.4 Å². The fraction of sp³-hybridized carbons (Fsp3) is 0.636. The maximum atomic E-state index is 12.2. The van der Waals surface area contributed by atoms with E-state index in [0.717, 1.165) is 55.8 Å². The van der Waals surface area contributed by atoms with Gasteiger partial charge in [-0.25, -0.2) is 14.6 Å². The summed E-state index contributed by atoms with van der Waals surface area (Å²) in [6, 6.07) is 5.58. The third-order valence-corrected chi connectivity index (χ3v) is 5.76. The molecule has 0 bridgehead atoms. The van der Waals surface area contributed by atoms with Crippen molar-refractivity contribution in [3.8, 4) is 0 Å². The summed E-state index contributed by atoms with van der Waals surface area (Å²) in [7, 11) is 0. The SMILES string of the molecule is Cc1cc(N2CCN(CCn3nc(C(C)(C)C)ccc3=O)CC2)nc(C2CC2)n1. The fourth-order valence-electron chi connectivity index (χ4n) is 3.71. The second kappa shape index (κ2) is 7.86. The van der Waals surface area contributed by atoms with Gasteiger partial charge in [0.05, 0.1) is 12.2 Å². The van der Waals surface area contributed by atoms with Crippen molar-refractivity contribution in [2.45, 2.75) is 58.4 Å². The molecule has 1 aliphatic carbocycles. The molecule has 3 heterocycles. The molecular formula is C22H32N6O. The lowest BCUT2D eigenvalue weighted by atomic mass is 9.92. The van der Waals surface area contributed by atoms with Crippen LogP contribution in [0.1, 0.15) is 56.7 Å². The lowest BCUT2D eigenvalue weighted by Crippen LogP contribution is -2.48. The number of hydrogen-bond donors (Lipinski definition) is 0. The molecule has 0 radical (unpaired) electrons. The van der Waals surface area contributed by atoms with Crippen LogP contribution >= 0.6 is 0 Å². The normalized spacial score (nSPS) is 18.3. The second-order valence-electron chi connectivity index (χ2n) is 9.36. The van der Waals surface area contributed by atoms with Crippen molar-refractivity contribution in [3.05, 3.63) is 45.8 Å². The molecular weight excluding hydrogens is 364 g/mol. The summed E-state index contributed by atoms with van der Waals surface area (Å²) >= 11 is 0. The zero-order valence-electron chi connectivity index (χ0n) is 18.1. The van der Waals surface area contributed by atoms with Gasteiger partial charge >= 0.3 is 0 Å². The number of rotatable bonds is 5.